The topological polar surface area (TPSA) is 45.2 Å². The van der Waals surface area contributed by atoms with E-state index in [1.165, 1.54) is 0 Å². The first-order valence-electron chi connectivity index (χ1n) is 7.35. The van der Waals surface area contributed by atoms with Gasteiger partial charge in [0, 0.05) is 24.7 Å². The second-order valence-electron chi connectivity index (χ2n) is 5.70. The monoisotopic (exact) mass is 271 g/mol. The largest absolute Gasteiger partial charge is 0.335 e. The van der Waals surface area contributed by atoms with E-state index < -0.39 is 0 Å². The van der Waals surface area contributed by atoms with Crippen LogP contribution in [0, 0.1) is 5.92 Å². The molecule has 4 heteroatoms. The molecule has 20 heavy (non-hydrogen) atoms. The number of carbonyl (C=O) groups is 1. The van der Waals surface area contributed by atoms with Crippen molar-refractivity contribution >= 4 is 5.91 Å². The molecule has 2 aliphatic rings. The van der Waals surface area contributed by atoms with Gasteiger partial charge in [0.1, 0.15) is 0 Å². The molecule has 2 saturated heterocycles. The molecule has 4 nitrogen and oxygen atoms in total. The van der Waals surface area contributed by atoms with Crippen LogP contribution in [0.3, 0.4) is 0 Å². The van der Waals surface area contributed by atoms with E-state index in [9.17, 15) is 4.79 Å². The Labute approximate surface area is 119 Å². The number of hydrogen-bond donors (Lipinski definition) is 1. The molecule has 1 aromatic heterocycles. The number of aromatic nitrogens is 1. The predicted octanol–water partition coefficient (Wildman–Crippen LogP) is 1.74. The van der Waals surface area contributed by atoms with Gasteiger partial charge < -0.3 is 10.2 Å². The summed E-state index contributed by atoms with van der Waals surface area (Å²) in [4.78, 5) is 18.9. The fraction of sp³-hybridized carbons (Fsp3) is 0.500. The van der Waals surface area contributed by atoms with Crippen LogP contribution in [0.15, 0.2) is 37.1 Å². The first kappa shape index (κ1) is 13.3. The zero-order valence-electron chi connectivity index (χ0n) is 11.7. The van der Waals surface area contributed by atoms with Crippen LogP contribution in [-0.4, -0.2) is 34.4 Å². The van der Waals surface area contributed by atoms with Crippen LogP contribution in [-0.2, 0) is 11.3 Å². The van der Waals surface area contributed by atoms with Gasteiger partial charge in [-0.2, -0.15) is 0 Å². The van der Waals surface area contributed by atoms with Crippen molar-refractivity contribution in [2.75, 3.05) is 6.54 Å². The summed E-state index contributed by atoms with van der Waals surface area (Å²) in [5.74, 6) is 0.540. The number of nitrogens with one attached hydrogen (secondary N) is 1. The van der Waals surface area contributed by atoms with E-state index in [2.05, 4.69) is 16.9 Å². The zero-order valence-corrected chi connectivity index (χ0v) is 11.7. The molecule has 3 atom stereocenters. The number of carbonyl (C=O) groups excluding carboxylic acids is 1. The lowest BCUT2D eigenvalue weighted by Crippen LogP contribution is -2.48. The van der Waals surface area contributed by atoms with Gasteiger partial charge in [0.15, 0.2) is 0 Å². The minimum absolute atomic E-state index is 0.0255. The summed E-state index contributed by atoms with van der Waals surface area (Å²) in [7, 11) is 0. The molecule has 3 unspecified atom stereocenters. The normalized spacial score (nSPS) is 29.9. The Balaban J connectivity index is 1.81. The maximum absolute atomic E-state index is 12.6. The summed E-state index contributed by atoms with van der Waals surface area (Å²) in [6, 6.07) is 6.20. The standard InChI is InChI=1S/C16H21N3O/c1-2-12-10-19(11-13-6-3-4-9-17-13)16(20)15-8-5-7-14(12)18-15/h2-4,6,9,12,14-15,18H,1,5,7-8,10-11H2. The average Bonchev–Trinajstić information content (AvgIpc) is 2.59. The lowest BCUT2D eigenvalue weighted by atomic mass is 9.91. The van der Waals surface area contributed by atoms with Crippen molar-refractivity contribution in [3.63, 3.8) is 0 Å². The van der Waals surface area contributed by atoms with Gasteiger partial charge in [-0.1, -0.05) is 12.1 Å². The molecule has 1 N–H and O–H groups in total. The Morgan fingerprint density at radius 1 is 1.45 bits per heavy atom. The van der Waals surface area contributed by atoms with Gasteiger partial charge in [0.25, 0.3) is 0 Å². The number of piperidine rings is 1. The third kappa shape index (κ3) is 2.61. The Hall–Kier alpha value is -1.68. The van der Waals surface area contributed by atoms with E-state index in [0.29, 0.717) is 18.5 Å². The fourth-order valence-corrected chi connectivity index (χ4v) is 3.26. The first-order valence-corrected chi connectivity index (χ1v) is 7.35. The highest BCUT2D eigenvalue weighted by Crippen LogP contribution is 2.26. The maximum atomic E-state index is 12.6. The van der Waals surface area contributed by atoms with Crippen LogP contribution in [0.4, 0.5) is 0 Å². The molecule has 106 valence electrons. The SMILES string of the molecule is C=CC1CN(Cc2ccccn2)C(=O)C2CCCC1N2. The summed E-state index contributed by atoms with van der Waals surface area (Å²) in [5, 5.41) is 3.50. The molecule has 1 aromatic rings. The number of amides is 1. The maximum Gasteiger partial charge on any atom is 0.240 e. The summed E-state index contributed by atoms with van der Waals surface area (Å²) >= 11 is 0. The number of hydrogen-bond acceptors (Lipinski definition) is 3. The van der Waals surface area contributed by atoms with Gasteiger partial charge in [-0.3, -0.25) is 9.78 Å². The first-order chi connectivity index (χ1) is 9.78. The molecule has 0 saturated carbocycles. The van der Waals surface area contributed by atoms with Gasteiger partial charge in [0.05, 0.1) is 18.3 Å². The molecule has 0 spiro atoms. The summed E-state index contributed by atoms with van der Waals surface area (Å²) in [5.41, 5.74) is 0.945. The molecule has 2 bridgehead atoms. The molecule has 2 fully saturated rings. The lowest BCUT2D eigenvalue weighted by Gasteiger charge is -2.29. The van der Waals surface area contributed by atoms with E-state index in [-0.39, 0.29) is 11.9 Å². The molecule has 0 aromatic carbocycles. The molecule has 1 amide bonds. The van der Waals surface area contributed by atoms with Gasteiger partial charge in [0.2, 0.25) is 5.91 Å². The van der Waals surface area contributed by atoms with Crippen LogP contribution in [0.1, 0.15) is 25.0 Å². The molecular weight excluding hydrogens is 250 g/mol. The van der Waals surface area contributed by atoms with Gasteiger partial charge in [-0.05, 0) is 31.4 Å². The van der Waals surface area contributed by atoms with Crippen molar-refractivity contribution in [2.45, 2.75) is 37.9 Å². The molecule has 0 aliphatic carbocycles. The van der Waals surface area contributed by atoms with Crippen molar-refractivity contribution < 1.29 is 4.79 Å². The van der Waals surface area contributed by atoms with Crippen molar-refractivity contribution in [1.82, 2.24) is 15.2 Å². The summed E-state index contributed by atoms with van der Waals surface area (Å²) in [6.07, 6.45) is 6.97. The lowest BCUT2D eigenvalue weighted by molar-refractivity contribution is -0.133. The number of pyridine rings is 1. The van der Waals surface area contributed by atoms with Crippen LogP contribution in [0.2, 0.25) is 0 Å². The zero-order chi connectivity index (χ0) is 13.9. The van der Waals surface area contributed by atoms with E-state index in [0.717, 1.165) is 31.5 Å². The molecule has 3 heterocycles. The van der Waals surface area contributed by atoms with Crippen LogP contribution >= 0.6 is 0 Å². The third-order valence-corrected chi connectivity index (χ3v) is 4.36. The van der Waals surface area contributed by atoms with Crippen molar-refractivity contribution in [3.05, 3.63) is 42.7 Å². The van der Waals surface area contributed by atoms with Crippen LogP contribution in [0.25, 0.3) is 0 Å². The van der Waals surface area contributed by atoms with Crippen molar-refractivity contribution in [3.8, 4) is 0 Å². The second-order valence-corrected chi connectivity index (χ2v) is 5.70. The van der Waals surface area contributed by atoms with Crippen molar-refractivity contribution in [2.24, 2.45) is 5.92 Å². The Bertz CT molecular complexity index is 488. The smallest absolute Gasteiger partial charge is 0.240 e. The molecule has 2 aliphatic heterocycles. The highest BCUT2D eigenvalue weighted by Gasteiger charge is 2.37. The second kappa shape index (κ2) is 5.75. The highest BCUT2D eigenvalue weighted by atomic mass is 16.2. The average molecular weight is 271 g/mol. The highest BCUT2D eigenvalue weighted by molar-refractivity contribution is 5.82. The Morgan fingerprint density at radius 2 is 2.35 bits per heavy atom. The minimum Gasteiger partial charge on any atom is -0.335 e. The predicted molar refractivity (Wildman–Crippen MR) is 77.9 cm³/mol. The summed E-state index contributed by atoms with van der Waals surface area (Å²) < 4.78 is 0. The van der Waals surface area contributed by atoms with E-state index in [1.54, 1.807) is 6.20 Å². The van der Waals surface area contributed by atoms with E-state index in [1.807, 2.05) is 29.2 Å². The molecule has 3 rings (SSSR count). The van der Waals surface area contributed by atoms with Gasteiger partial charge in [-0.25, -0.2) is 0 Å². The van der Waals surface area contributed by atoms with Crippen LogP contribution in [0.5, 0.6) is 0 Å². The number of nitrogens with zero attached hydrogens (tertiary/aromatic N) is 2. The molecule has 0 radical (unpaired) electrons. The third-order valence-electron chi connectivity index (χ3n) is 4.36. The van der Waals surface area contributed by atoms with E-state index in [4.69, 9.17) is 0 Å². The summed E-state index contributed by atoms with van der Waals surface area (Å²) in [6.45, 7) is 5.28. The Kier molecular flexibility index (Phi) is 3.83. The van der Waals surface area contributed by atoms with Crippen molar-refractivity contribution in [1.29, 1.82) is 0 Å². The number of fused-ring (bicyclic) bond motifs is 2. The van der Waals surface area contributed by atoms with Gasteiger partial charge >= 0.3 is 0 Å². The van der Waals surface area contributed by atoms with Crippen LogP contribution < -0.4 is 5.32 Å². The minimum atomic E-state index is -0.0255. The quantitative estimate of drug-likeness (QED) is 0.852. The van der Waals surface area contributed by atoms with Gasteiger partial charge in [-0.15, -0.1) is 6.58 Å². The van der Waals surface area contributed by atoms with E-state index >= 15 is 0 Å². The fourth-order valence-electron chi connectivity index (χ4n) is 3.26. The number of rotatable bonds is 3. The Morgan fingerprint density at radius 3 is 3.10 bits per heavy atom. The molecular formula is C16H21N3O.